The first-order valence-corrected chi connectivity index (χ1v) is 5.40. The van der Waals surface area contributed by atoms with Crippen LogP contribution in [-0.4, -0.2) is 35.0 Å². The number of nitrogens with zero attached hydrogens (tertiary/aromatic N) is 7. The summed E-state index contributed by atoms with van der Waals surface area (Å²) in [6.45, 7) is 0. The van der Waals surface area contributed by atoms with E-state index in [9.17, 15) is 4.79 Å². The van der Waals surface area contributed by atoms with Crippen molar-refractivity contribution in [2.24, 2.45) is 0 Å². The van der Waals surface area contributed by atoms with Gasteiger partial charge in [0.1, 0.15) is 19.0 Å². The summed E-state index contributed by atoms with van der Waals surface area (Å²) in [5.74, 6) is 0. The van der Waals surface area contributed by atoms with Crippen molar-refractivity contribution in [3.8, 4) is 0 Å². The van der Waals surface area contributed by atoms with Gasteiger partial charge < -0.3 is 0 Å². The molecule has 0 aromatic carbocycles. The van der Waals surface area contributed by atoms with Gasteiger partial charge in [-0.1, -0.05) is 0 Å². The van der Waals surface area contributed by atoms with Crippen molar-refractivity contribution in [3.05, 3.63) is 56.2 Å². The number of imidazole rings is 3. The number of amides is 2. The summed E-state index contributed by atoms with van der Waals surface area (Å²) < 4.78 is 4.49. The highest BCUT2D eigenvalue weighted by molar-refractivity contribution is 5.90. The van der Waals surface area contributed by atoms with Crippen LogP contribution in [0.4, 0.5) is 4.79 Å². The van der Waals surface area contributed by atoms with Crippen LogP contribution in [0, 0.1) is 0 Å². The molecule has 0 saturated heterocycles. The number of urea groups is 1. The molecule has 0 aliphatic rings. The quantitative estimate of drug-likeness (QED) is 0.718. The molecule has 0 aliphatic carbocycles. The molecule has 0 saturated carbocycles. The summed E-state index contributed by atoms with van der Waals surface area (Å²) >= 11 is 0. The third kappa shape index (κ3) is 2.16. The van der Waals surface area contributed by atoms with Crippen LogP contribution >= 0.6 is 0 Å². The predicted molar refractivity (Wildman–Crippen MR) is 65.1 cm³/mol. The van der Waals surface area contributed by atoms with Crippen molar-refractivity contribution in [3.63, 3.8) is 0 Å². The Bertz CT molecular complexity index is 593. The molecule has 3 rings (SSSR count). The number of rotatable bonds is 3. The summed E-state index contributed by atoms with van der Waals surface area (Å²) in [5, 5.41) is 1.32. The molecule has 9 nitrogen and oxygen atoms in total. The maximum atomic E-state index is 12.3. The largest absolute Gasteiger partial charge is 0.375 e. The van der Waals surface area contributed by atoms with Gasteiger partial charge in [-0.05, 0) is 0 Å². The Morgan fingerprint density at radius 2 is 1.47 bits per heavy atom. The van der Waals surface area contributed by atoms with Crippen LogP contribution in [0.1, 0.15) is 0 Å². The van der Waals surface area contributed by atoms with Crippen LogP contribution in [0.2, 0.25) is 0 Å². The standard InChI is InChI=1S/C10H10N8O/c19-10(14-15-4-1-11-7-15)18(16-5-2-12-8-16)17-6-3-13-9-17/h1-9H,(H,14,19). The highest BCUT2D eigenvalue weighted by Crippen LogP contribution is 1.97. The topological polar surface area (TPSA) is 85.8 Å². The van der Waals surface area contributed by atoms with Gasteiger partial charge in [0.05, 0.1) is 0 Å². The smallest absolute Gasteiger partial charge is 0.247 e. The number of hydrogen-bond acceptors (Lipinski definition) is 4. The van der Waals surface area contributed by atoms with Gasteiger partial charge in [-0.3, -0.25) is 0 Å². The Balaban J connectivity index is 1.89. The molecule has 3 aromatic heterocycles. The van der Waals surface area contributed by atoms with Crippen LogP contribution in [-0.2, 0) is 0 Å². The molecule has 9 heteroatoms. The van der Waals surface area contributed by atoms with Gasteiger partial charge in [-0.2, -0.15) is 0 Å². The lowest BCUT2D eigenvalue weighted by molar-refractivity contribution is 0.245. The fourth-order valence-electron chi connectivity index (χ4n) is 1.54. The molecule has 0 spiro atoms. The normalized spacial score (nSPS) is 10.3. The van der Waals surface area contributed by atoms with E-state index >= 15 is 0 Å². The molecule has 96 valence electrons. The van der Waals surface area contributed by atoms with Gasteiger partial charge in [0, 0.05) is 37.2 Å². The Morgan fingerprint density at radius 1 is 0.895 bits per heavy atom. The van der Waals surface area contributed by atoms with Crippen molar-refractivity contribution in [1.82, 2.24) is 29.0 Å². The Labute approximate surface area is 107 Å². The molecule has 1 N–H and O–H groups in total. The summed E-state index contributed by atoms with van der Waals surface area (Å²) in [5.41, 5.74) is 2.64. The number of carbonyl (C=O) groups excluding carboxylic acids is 1. The molecule has 0 fully saturated rings. The SMILES string of the molecule is O=C(Nn1ccnc1)N(n1ccnc1)n1ccnc1. The lowest BCUT2D eigenvalue weighted by atomic mass is 10.9. The molecule has 0 atom stereocenters. The number of carbonyl (C=O) groups is 1. The first-order chi connectivity index (χ1) is 9.34. The van der Waals surface area contributed by atoms with E-state index < -0.39 is 6.03 Å². The van der Waals surface area contributed by atoms with Gasteiger partial charge in [0.2, 0.25) is 0 Å². The Morgan fingerprint density at radius 3 is 1.95 bits per heavy atom. The zero-order valence-corrected chi connectivity index (χ0v) is 9.73. The fourth-order valence-corrected chi connectivity index (χ4v) is 1.54. The Hall–Kier alpha value is -3.10. The fraction of sp³-hybridized carbons (Fsp3) is 0. The molecular formula is C10H10N8O. The van der Waals surface area contributed by atoms with E-state index in [2.05, 4.69) is 20.4 Å². The first-order valence-electron chi connectivity index (χ1n) is 5.40. The molecule has 19 heavy (non-hydrogen) atoms. The number of nitrogens with one attached hydrogen (secondary N) is 1. The van der Waals surface area contributed by atoms with Crippen LogP contribution in [0.15, 0.2) is 56.2 Å². The number of aromatic nitrogens is 6. The zero-order valence-electron chi connectivity index (χ0n) is 9.73. The van der Waals surface area contributed by atoms with E-state index in [0.29, 0.717) is 0 Å². The zero-order chi connectivity index (χ0) is 13.1. The monoisotopic (exact) mass is 258 g/mol. The van der Waals surface area contributed by atoms with E-state index in [1.807, 2.05) is 0 Å². The van der Waals surface area contributed by atoms with Crippen molar-refractivity contribution in [2.45, 2.75) is 0 Å². The van der Waals surface area contributed by atoms with Gasteiger partial charge in [-0.15, -0.1) is 5.12 Å². The second kappa shape index (κ2) is 4.64. The van der Waals surface area contributed by atoms with Gasteiger partial charge in [0.25, 0.3) is 0 Å². The summed E-state index contributed by atoms with van der Waals surface area (Å²) in [4.78, 5) is 24.0. The van der Waals surface area contributed by atoms with E-state index in [1.54, 1.807) is 37.2 Å². The molecule has 0 bridgehead atoms. The average Bonchev–Trinajstić information content (AvgIpc) is 3.11. The second-order valence-electron chi connectivity index (χ2n) is 3.56. The minimum absolute atomic E-state index is 0.394. The van der Waals surface area contributed by atoms with Crippen LogP contribution < -0.4 is 10.5 Å². The predicted octanol–water partition coefficient (Wildman–Crippen LogP) is 0.0411. The number of hydrogen-bond donors (Lipinski definition) is 1. The Kier molecular flexibility index (Phi) is 2.69. The van der Waals surface area contributed by atoms with Gasteiger partial charge >= 0.3 is 6.03 Å². The van der Waals surface area contributed by atoms with Crippen molar-refractivity contribution in [2.75, 3.05) is 10.5 Å². The van der Waals surface area contributed by atoms with Gasteiger partial charge in [-0.25, -0.2) is 39.2 Å². The van der Waals surface area contributed by atoms with Crippen LogP contribution in [0.5, 0.6) is 0 Å². The molecule has 3 heterocycles. The molecule has 3 aromatic rings. The maximum absolute atomic E-state index is 12.3. The lowest BCUT2D eigenvalue weighted by Gasteiger charge is -2.23. The van der Waals surface area contributed by atoms with Crippen molar-refractivity contribution < 1.29 is 4.79 Å². The minimum Gasteiger partial charge on any atom is -0.247 e. The molecule has 0 unspecified atom stereocenters. The molecule has 0 aliphatic heterocycles. The second-order valence-corrected chi connectivity index (χ2v) is 3.56. The summed E-state index contributed by atoms with van der Waals surface area (Å²) in [7, 11) is 0. The van der Waals surface area contributed by atoms with Crippen LogP contribution in [0.25, 0.3) is 0 Å². The van der Waals surface area contributed by atoms with E-state index in [1.165, 1.54) is 38.1 Å². The summed E-state index contributed by atoms with van der Waals surface area (Å²) in [6.07, 6.45) is 14.1. The highest BCUT2D eigenvalue weighted by atomic mass is 16.2. The molecule has 2 amide bonds. The maximum Gasteiger partial charge on any atom is 0.375 e. The molecular weight excluding hydrogens is 248 g/mol. The van der Waals surface area contributed by atoms with Crippen molar-refractivity contribution >= 4 is 6.03 Å². The third-order valence-electron chi connectivity index (χ3n) is 2.33. The van der Waals surface area contributed by atoms with Crippen LogP contribution in [0.3, 0.4) is 0 Å². The van der Waals surface area contributed by atoms with Gasteiger partial charge in [0.15, 0.2) is 0 Å². The third-order valence-corrected chi connectivity index (χ3v) is 2.33. The molecule has 0 radical (unpaired) electrons. The van der Waals surface area contributed by atoms with E-state index in [0.717, 1.165) is 0 Å². The van der Waals surface area contributed by atoms with E-state index in [-0.39, 0.29) is 0 Å². The highest BCUT2D eigenvalue weighted by Gasteiger charge is 2.17. The average molecular weight is 258 g/mol. The minimum atomic E-state index is -0.394. The van der Waals surface area contributed by atoms with E-state index in [4.69, 9.17) is 0 Å². The van der Waals surface area contributed by atoms with Crippen molar-refractivity contribution in [1.29, 1.82) is 0 Å². The first kappa shape index (κ1) is 11.0. The summed E-state index contributed by atoms with van der Waals surface area (Å²) in [6, 6.07) is -0.394. The lowest BCUT2D eigenvalue weighted by Crippen LogP contribution is -2.47.